The largest absolute Gasteiger partial charge is 0.347 e. The van der Waals surface area contributed by atoms with Gasteiger partial charge in [0.05, 0.1) is 5.69 Å². The zero-order valence-electron chi connectivity index (χ0n) is 18.6. The third-order valence-electron chi connectivity index (χ3n) is 6.19. The quantitative estimate of drug-likeness (QED) is 0.663. The number of amides is 1. The fourth-order valence-corrected chi connectivity index (χ4v) is 5.51. The zero-order chi connectivity index (χ0) is 21.1. The molecule has 0 atom stereocenters. The van der Waals surface area contributed by atoms with E-state index < -0.39 is 0 Å². The number of nitrogens with zero attached hydrogens (tertiary/aromatic N) is 1. The molecule has 0 saturated carbocycles. The number of nitrogens with one attached hydrogen (secondary N) is 3. The summed E-state index contributed by atoms with van der Waals surface area (Å²) in [7, 11) is 0. The van der Waals surface area contributed by atoms with Gasteiger partial charge in [-0.1, -0.05) is 12.1 Å². The first-order valence-electron chi connectivity index (χ1n) is 11.4. The van der Waals surface area contributed by atoms with Crippen molar-refractivity contribution >= 4 is 17.2 Å². The first-order valence-corrected chi connectivity index (χ1v) is 12.3. The minimum absolute atomic E-state index is 0.149. The molecule has 1 aromatic heterocycles. The Labute approximate surface area is 184 Å². The van der Waals surface area contributed by atoms with Crippen LogP contribution in [0.1, 0.15) is 49.7 Å². The van der Waals surface area contributed by atoms with E-state index in [-0.39, 0.29) is 11.4 Å². The van der Waals surface area contributed by atoms with Crippen LogP contribution in [-0.4, -0.2) is 49.2 Å². The summed E-state index contributed by atoms with van der Waals surface area (Å²) in [5.74, 6) is 0.163. The van der Waals surface area contributed by atoms with Gasteiger partial charge in [-0.25, -0.2) is 4.98 Å². The fourth-order valence-electron chi connectivity index (χ4n) is 4.63. The van der Waals surface area contributed by atoms with Gasteiger partial charge < -0.3 is 15.1 Å². The van der Waals surface area contributed by atoms with Gasteiger partial charge in [0.25, 0.3) is 5.91 Å². The number of thiazole rings is 1. The van der Waals surface area contributed by atoms with E-state index in [0.29, 0.717) is 6.54 Å². The van der Waals surface area contributed by atoms with E-state index in [9.17, 15) is 4.79 Å². The van der Waals surface area contributed by atoms with Crippen LogP contribution in [0.2, 0.25) is 0 Å². The summed E-state index contributed by atoms with van der Waals surface area (Å²) in [6.45, 7) is 12.0. The Balaban J connectivity index is 1.28. The molecule has 0 unspecified atom stereocenters. The minimum atomic E-state index is -0.149. The number of benzene rings is 1. The van der Waals surface area contributed by atoms with E-state index in [2.05, 4.69) is 28.9 Å². The maximum atomic E-state index is 12.2. The number of aryl methyl sites for hydroxylation is 2. The molecule has 1 aliphatic carbocycles. The summed E-state index contributed by atoms with van der Waals surface area (Å²) < 4.78 is 0. The van der Waals surface area contributed by atoms with Crippen LogP contribution in [0.25, 0.3) is 11.3 Å². The molecule has 3 N–H and O–H groups in total. The number of quaternary nitrogens is 2. The molecule has 0 spiro atoms. The standard InChI is InChI=1S/C24H34N4OS/c1-24(2,3)26-22(29)15-27-10-12-28(13-11-27)16-23-25-21(17-30-23)20-9-8-18-6-4-5-7-19(18)14-20/h8-9,14,17H,4-7,10-13,15-16H2,1-3H3,(H,26,29)/p+2. The second kappa shape index (κ2) is 9.16. The molecule has 2 aromatic rings. The predicted molar refractivity (Wildman–Crippen MR) is 122 cm³/mol. The Hall–Kier alpha value is -1.76. The molecular weight excluding hydrogens is 392 g/mol. The maximum absolute atomic E-state index is 12.2. The Morgan fingerprint density at radius 2 is 1.77 bits per heavy atom. The third kappa shape index (κ3) is 5.68. The van der Waals surface area contributed by atoms with Crippen molar-refractivity contribution < 1.29 is 14.6 Å². The molecule has 4 rings (SSSR count). The van der Waals surface area contributed by atoms with Crippen molar-refractivity contribution in [3.8, 4) is 11.3 Å². The second-order valence-corrected chi connectivity index (χ2v) is 10.9. The van der Waals surface area contributed by atoms with Crippen LogP contribution in [0.5, 0.6) is 0 Å². The summed E-state index contributed by atoms with van der Waals surface area (Å²) in [5.41, 5.74) is 5.30. The van der Waals surface area contributed by atoms with Crippen molar-refractivity contribution in [1.29, 1.82) is 0 Å². The van der Waals surface area contributed by atoms with Crippen LogP contribution < -0.4 is 15.1 Å². The number of carbonyl (C=O) groups excluding carboxylic acids is 1. The van der Waals surface area contributed by atoms with Gasteiger partial charge in [-0.3, -0.25) is 4.79 Å². The lowest BCUT2D eigenvalue weighted by atomic mass is 9.90. The van der Waals surface area contributed by atoms with Gasteiger partial charge in [-0.15, -0.1) is 11.3 Å². The highest BCUT2D eigenvalue weighted by Gasteiger charge is 2.26. The second-order valence-electron chi connectivity index (χ2n) is 9.97. The van der Waals surface area contributed by atoms with Gasteiger partial charge in [0.1, 0.15) is 37.7 Å². The number of aromatic nitrogens is 1. The molecule has 5 nitrogen and oxygen atoms in total. The van der Waals surface area contributed by atoms with Gasteiger partial charge in [0.2, 0.25) is 0 Å². The fraction of sp³-hybridized carbons (Fsp3) is 0.583. The molecule has 2 heterocycles. The highest BCUT2D eigenvalue weighted by molar-refractivity contribution is 7.09. The van der Waals surface area contributed by atoms with Crippen LogP contribution >= 0.6 is 11.3 Å². The molecule has 1 aromatic carbocycles. The van der Waals surface area contributed by atoms with Crippen molar-refractivity contribution in [1.82, 2.24) is 10.3 Å². The van der Waals surface area contributed by atoms with Gasteiger partial charge in [0.15, 0.2) is 6.54 Å². The number of fused-ring (bicyclic) bond motifs is 1. The number of hydrogen-bond donors (Lipinski definition) is 3. The van der Waals surface area contributed by atoms with Crippen LogP contribution in [0.15, 0.2) is 23.6 Å². The van der Waals surface area contributed by atoms with Crippen molar-refractivity contribution in [3.63, 3.8) is 0 Å². The van der Waals surface area contributed by atoms with Gasteiger partial charge in [0, 0.05) is 16.5 Å². The molecule has 6 heteroatoms. The lowest BCUT2D eigenvalue weighted by Gasteiger charge is -2.29. The van der Waals surface area contributed by atoms with Crippen molar-refractivity contribution in [2.75, 3.05) is 32.7 Å². The first-order chi connectivity index (χ1) is 14.4. The molecule has 1 saturated heterocycles. The summed E-state index contributed by atoms with van der Waals surface area (Å²) in [4.78, 5) is 20.1. The SMILES string of the molecule is CC(C)(C)NC(=O)C[NH+]1CC[NH+](Cc2nc(-c3ccc4c(c3)CCCC4)cs2)CC1. The summed E-state index contributed by atoms with van der Waals surface area (Å²) >= 11 is 1.79. The molecule has 0 bridgehead atoms. The number of piperazine rings is 1. The lowest BCUT2D eigenvalue weighted by molar-refractivity contribution is -1.02. The molecule has 162 valence electrons. The molecule has 30 heavy (non-hydrogen) atoms. The smallest absolute Gasteiger partial charge is 0.275 e. The Bertz CT molecular complexity index is 878. The van der Waals surface area contributed by atoms with Gasteiger partial charge in [-0.2, -0.15) is 0 Å². The van der Waals surface area contributed by atoms with E-state index in [1.165, 1.54) is 52.3 Å². The highest BCUT2D eigenvalue weighted by atomic mass is 32.1. The minimum Gasteiger partial charge on any atom is -0.347 e. The molecule has 0 radical (unpaired) electrons. The van der Waals surface area contributed by atoms with Gasteiger partial charge >= 0.3 is 0 Å². The van der Waals surface area contributed by atoms with Crippen molar-refractivity contribution in [2.45, 2.75) is 58.5 Å². The maximum Gasteiger partial charge on any atom is 0.275 e. The third-order valence-corrected chi connectivity index (χ3v) is 7.04. The van der Waals surface area contributed by atoms with Crippen LogP contribution in [0.4, 0.5) is 0 Å². The van der Waals surface area contributed by atoms with E-state index in [0.717, 1.165) is 38.4 Å². The average molecular weight is 429 g/mol. The molecule has 1 fully saturated rings. The Morgan fingerprint density at radius 3 is 2.50 bits per heavy atom. The normalized spacial score (nSPS) is 21.8. The lowest BCUT2D eigenvalue weighted by Crippen LogP contribution is -3.28. The molecule has 1 amide bonds. The Kier molecular flexibility index (Phi) is 6.56. The van der Waals surface area contributed by atoms with Crippen LogP contribution in [0.3, 0.4) is 0 Å². The van der Waals surface area contributed by atoms with Crippen molar-refractivity contribution in [2.24, 2.45) is 0 Å². The van der Waals surface area contributed by atoms with Crippen LogP contribution in [0, 0.1) is 0 Å². The van der Waals surface area contributed by atoms with E-state index in [1.807, 2.05) is 20.8 Å². The number of carbonyl (C=O) groups is 1. The van der Waals surface area contributed by atoms with E-state index >= 15 is 0 Å². The van der Waals surface area contributed by atoms with Gasteiger partial charge in [-0.05, 0) is 63.6 Å². The number of hydrogen-bond acceptors (Lipinski definition) is 3. The molecular formula is C24H36N4OS+2. The highest BCUT2D eigenvalue weighted by Crippen LogP contribution is 2.28. The summed E-state index contributed by atoms with van der Waals surface area (Å²) in [5, 5.41) is 6.53. The molecule has 2 aliphatic rings. The number of rotatable bonds is 5. The topological polar surface area (TPSA) is 50.9 Å². The molecule has 1 aliphatic heterocycles. The van der Waals surface area contributed by atoms with E-state index in [1.54, 1.807) is 16.2 Å². The predicted octanol–water partition coefficient (Wildman–Crippen LogP) is 0.887. The first kappa shape index (κ1) is 21.5. The monoisotopic (exact) mass is 428 g/mol. The Morgan fingerprint density at radius 1 is 1.07 bits per heavy atom. The summed E-state index contributed by atoms with van der Waals surface area (Å²) in [6, 6.07) is 6.93. The zero-order valence-corrected chi connectivity index (χ0v) is 19.5. The van der Waals surface area contributed by atoms with Crippen LogP contribution in [-0.2, 0) is 24.2 Å². The summed E-state index contributed by atoms with van der Waals surface area (Å²) in [6.07, 6.45) is 5.08. The average Bonchev–Trinajstić information content (AvgIpc) is 3.16. The van der Waals surface area contributed by atoms with Crippen molar-refractivity contribution in [3.05, 3.63) is 39.7 Å². The van der Waals surface area contributed by atoms with E-state index in [4.69, 9.17) is 4.98 Å².